The molecule has 0 aromatic heterocycles. The Morgan fingerprint density at radius 3 is 2.56 bits per heavy atom. The average molecular weight is 366 g/mol. The Morgan fingerprint density at radius 1 is 1.28 bits per heavy atom. The molecule has 132 valence electrons. The summed E-state index contributed by atoms with van der Waals surface area (Å²) in [5.74, 6) is -2.38. The molecule has 8 nitrogen and oxygen atoms in total. The summed E-state index contributed by atoms with van der Waals surface area (Å²) in [5.41, 5.74) is 2.23. The molecule has 1 aromatic carbocycles. The summed E-state index contributed by atoms with van der Waals surface area (Å²) in [5, 5.41) is 21.2. The Bertz CT molecular complexity index is 751. The number of nitrogens with zero attached hydrogens (tertiary/aromatic N) is 1. The molecule has 1 fully saturated rings. The Hall–Kier alpha value is -2.42. The van der Waals surface area contributed by atoms with Crippen LogP contribution in [0.5, 0.6) is 0 Å². The quantitative estimate of drug-likeness (QED) is 0.451. The molecular weight excluding hydrogens is 350 g/mol. The van der Waals surface area contributed by atoms with E-state index in [1.165, 1.54) is 0 Å². The molecule has 1 saturated heterocycles. The molecule has 25 heavy (non-hydrogen) atoms. The van der Waals surface area contributed by atoms with Gasteiger partial charge >= 0.3 is 5.97 Å². The topological polar surface area (TPSA) is 119 Å². The largest absolute Gasteiger partial charge is 0.477 e. The van der Waals surface area contributed by atoms with Crippen molar-refractivity contribution in [3.8, 4) is 0 Å². The highest BCUT2D eigenvalue weighted by Crippen LogP contribution is 2.38. The molecule has 0 aliphatic carbocycles. The van der Waals surface area contributed by atoms with Gasteiger partial charge in [-0.3, -0.25) is 14.5 Å². The third-order valence-corrected chi connectivity index (χ3v) is 4.77. The van der Waals surface area contributed by atoms with Crippen LogP contribution >= 0.6 is 11.6 Å². The highest BCUT2D eigenvalue weighted by atomic mass is 35.5. The van der Waals surface area contributed by atoms with Gasteiger partial charge in [-0.15, -0.1) is 0 Å². The van der Waals surface area contributed by atoms with Gasteiger partial charge in [0.1, 0.15) is 17.8 Å². The number of hydroxylamine groups is 1. The molecule has 2 aliphatic heterocycles. The van der Waals surface area contributed by atoms with E-state index in [0.29, 0.717) is 18.4 Å². The van der Waals surface area contributed by atoms with E-state index in [1.807, 2.05) is 5.48 Å². The SMILES string of the molecule is O=C(O)C1=C(Cl)CC[C@@H]2[C@H](NC(=O)[C@H](NO)c3ccccc3)C(=O)N12. The standard InChI is InChI=1S/C16H16ClN3O5/c17-9-6-7-10-12(15(22)20(10)13(9)16(23)24)18-14(21)11(19-25)8-4-2-1-3-5-8/h1-5,10-12,19,25H,6-7H2,(H,18,21)(H,23,24)/t10-,11-,12+/m1/s1. The minimum absolute atomic E-state index is 0.126. The van der Waals surface area contributed by atoms with Gasteiger partial charge in [0, 0.05) is 5.03 Å². The lowest BCUT2D eigenvalue weighted by molar-refractivity contribution is -0.156. The van der Waals surface area contributed by atoms with Gasteiger partial charge in [-0.2, -0.15) is 5.48 Å². The summed E-state index contributed by atoms with van der Waals surface area (Å²) in [7, 11) is 0. The number of nitrogens with one attached hydrogen (secondary N) is 2. The summed E-state index contributed by atoms with van der Waals surface area (Å²) in [6.45, 7) is 0. The van der Waals surface area contributed by atoms with E-state index in [4.69, 9.17) is 11.6 Å². The Balaban J connectivity index is 1.74. The lowest BCUT2D eigenvalue weighted by Gasteiger charge is -2.49. The van der Waals surface area contributed by atoms with Crippen molar-refractivity contribution in [3.63, 3.8) is 0 Å². The van der Waals surface area contributed by atoms with Crippen molar-refractivity contribution in [2.75, 3.05) is 0 Å². The number of fused-ring (bicyclic) bond motifs is 1. The van der Waals surface area contributed by atoms with Gasteiger partial charge in [-0.1, -0.05) is 41.9 Å². The second-order valence-corrected chi connectivity index (χ2v) is 6.29. The maximum absolute atomic E-state index is 12.4. The monoisotopic (exact) mass is 365 g/mol. The molecule has 0 saturated carbocycles. The fourth-order valence-electron chi connectivity index (χ4n) is 3.18. The zero-order chi connectivity index (χ0) is 18.1. The highest BCUT2D eigenvalue weighted by molar-refractivity contribution is 6.32. The summed E-state index contributed by atoms with van der Waals surface area (Å²) in [4.78, 5) is 37.1. The number of aliphatic carboxylic acids is 1. The average Bonchev–Trinajstić information content (AvgIpc) is 2.60. The predicted octanol–water partition coefficient (Wildman–Crippen LogP) is 0.731. The summed E-state index contributed by atoms with van der Waals surface area (Å²) in [6, 6.07) is 6.19. The van der Waals surface area contributed by atoms with Gasteiger partial charge < -0.3 is 15.6 Å². The van der Waals surface area contributed by atoms with E-state index in [9.17, 15) is 24.7 Å². The number of allylic oxidation sites excluding steroid dienone is 1. The van der Waals surface area contributed by atoms with Crippen molar-refractivity contribution in [1.82, 2.24) is 15.7 Å². The van der Waals surface area contributed by atoms with Crippen molar-refractivity contribution in [2.24, 2.45) is 0 Å². The second kappa shape index (κ2) is 6.83. The molecule has 2 heterocycles. The van der Waals surface area contributed by atoms with Crippen LogP contribution < -0.4 is 10.8 Å². The first-order valence-electron chi connectivity index (χ1n) is 7.65. The number of amides is 2. The van der Waals surface area contributed by atoms with Gasteiger partial charge in [0.25, 0.3) is 5.91 Å². The number of hydrogen-bond acceptors (Lipinski definition) is 5. The minimum atomic E-state index is -1.27. The molecule has 4 N–H and O–H groups in total. The van der Waals surface area contributed by atoms with Crippen LogP contribution in [-0.4, -0.2) is 45.1 Å². The number of carboxylic acids is 1. The van der Waals surface area contributed by atoms with Crippen LogP contribution in [0.15, 0.2) is 41.1 Å². The lowest BCUT2D eigenvalue weighted by atomic mass is 9.86. The number of β-lactam (4-membered cyclic amide) rings is 1. The van der Waals surface area contributed by atoms with Crippen molar-refractivity contribution >= 4 is 29.4 Å². The Labute approximate surface area is 148 Å². The molecule has 2 amide bonds. The number of rotatable bonds is 5. The normalized spacial score (nSPS) is 23.6. The van der Waals surface area contributed by atoms with E-state index < -0.39 is 35.9 Å². The summed E-state index contributed by atoms with van der Waals surface area (Å²) < 4.78 is 0. The predicted molar refractivity (Wildman–Crippen MR) is 86.4 cm³/mol. The fraction of sp³-hybridized carbons (Fsp3) is 0.312. The molecule has 0 radical (unpaired) electrons. The van der Waals surface area contributed by atoms with E-state index >= 15 is 0 Å². The van der Waals surface area contributed by atoms with Crippen molar-refractivity contribution in [1.29, 1.82) is 0 Å². The zero-order valence-corrected chi connectivity index (χ0v) is 13.7. The molecule has 3 rings (SSSR count). The molecular formula is C16H16ClN3O5. The van der Waals surface area contributed by atoms with Crippen LogP contribution in [0.2, 0.25) is 0 Å². The Morgan fingerprint density at radius 2 is 1.96 bits per heavy atom. The first-order valence-corrected chi connectivity index (χ1v) is 8.03. The van der Waals surface area contributed by atoms with Gasteiger partial charge in [0.05, 0.1) is 6.04 Å². The van der Waals surface area contributed by atoms with Gasteiger partial charge in [-0.05, 0) is 18.4 Å². The van der Waals surface area contributed by atoms with Crippen molar-refractivity contribution in [3.05, 3.63) is 46.6 Å². The first-order chi connectivity index (χ1) is 12.0. The van der Waals surface area contributed by atoms with Gasteiger partial charge in [0.2, 0.25) is 5.91 Å². The fourth-order valence-corrected chi connectivity index (χ4v) is 3.46. The zero-order valence-electron chi connectivity index (χ0n) is 13.0. The molecule has 2 aliphatic rings. The first kappa shape index (κ1) is 17.4. The summed E-state index contributed by atoms with van der Waals surface area (Å²) >= 11 is 5.92. The van der Waals surface area contributed by atoms with Crippen molar-refractivity contribution < 1.29 is 24.7 Å². The highest BCUT2D eigenvalue weighted by Gasteiger charge is 2.53. The van der Waals surface area contributed by atoms with Crippen LogP contribution in [0.4, 0.5) is 0 Å². The molecule has 0 spiro atoms. The number of halogens is 1. The lowest BCUT2D eigenvalue weighted by Crippen LogP contribution is -2.72. The smallest absolute Gasteiger partial charge is 0.353 e. The number of carboxylic acid groups (broad SMARTS) is 1. The van der Waals surface area contributed by atoms with E-state index in [1.54, 1.807) is 30.3 Å². The molecule has 3 atom stereocenters. The van der Waals surface area contributed by atoms with Crippen LogP contribution in [-0.2, 0) is 14.4 Å². The second-order valence-electron chi connectivity index (χ2n) is 5.83. The van der Waals surface area contributed by atoms with Crippen LogP contribution in [0.25, 0.3) is 0 Å². The van der Waals surface area contributed by atoms with Crippen molar-refractivity contribution in [2.45, 2.75) is 31.0 Å². The molecule has 0 bridgehead atoms. The summed E-state index contributed by atoms with van der Waals surface area (Å²) in [6.07, 6.45) is 0.777. The van der Waals surface area contributed by atoms with Crippen LogP contribution in [0.1, 0.15) is 24.4 Å². The van der Waals surface area contributed by atoms with Gasteiger partial charge in [-0.25, -0.2) is 4.79 Å². The number of benzene rings is 1. The third kappa shape index (κ3) is 2.99. The Kier molecular flexibility index (Phi) is 4.76. The minimum Gasteiger partial charge on any atom is -0.477 e. The van der Waals surface area contributed by atoms with Gasteiger partial charge in [0.15, 0.2) is 0 Å². The number of carbonyl (C=O) groups excluding carboxylic acids is 2. The third-order valence-electron chi connectivity index (χ3n) is 4.40. The maximum Gasteiger partial charge on any atom is 0.353 e. The van der Waals surface area contributed by atoms with E-state index in [2.05, 4.69) is 5.32 Å². The van der Waals surface area contributed by atoms with E-state index in [-0.39, 0.29) is 10.7 Å². The molecule has 0 unspecified atom stereocenters. The van der Waals surface area contributed by atoms with Crippen LogP contribution in [0.3, 0.4) is 0 Å². The van der Waals surface area contributed by atoms with E-state index in [0.717, 1.165) is 4.90 Å². The molecule has 1 aromatic rings. The maximum atomic E-state index is 12.4. The van der Waals surface area contributed by atoms with Crippen LogP contribution in [0, 0.1) is 0 Å². The number of carbonyl (C=O) groups is 3. The number of hydrogen-bond donors (Lipinski definition) is 4. The molecule has 9 heteroatoms.